The Morgan fingerprint density at radius 1 is 0.850 bits per heavy atom. The molecule has 1 N–H and O–H groups in total. The number of phenolic OH excluding ortho intramolecular Hbond substituents is 1. The molecule has 0 saturated carbocycles. The van der Waals surface area contributed by atoms with Crippen LogP contribution in [0.2, 0.25) is 0 Å². The Bertz CT molecular complexity index is 586. The third kappa shape index (κ3) is 3.04. The molecule has 2 aromatic rings. The molecule has 0 bridgehead atoms. The van der Waals surface area contributed by atoms with Crippen molar-refractivity contribution in [2.75, 3.05) is 0 Å². The zero-order valence-corrected chi connectivity index (χ0v) is 13.1. The van der Waals surface area contributed by atoms with E-state index in [-0.39, 0.29) is 5.41 Å². The van der Waals surface area contributed by atoms with Crippen molar-refractivity contribution in [1.29, 1.82) is 0 Å². The van der Waals surface area contributed by atoms with Gasteiger partial charge in [-0.3, -0.25) is 0 Å². The van der Waals surface area contributed by atoms with Crippen LogP contribution in [0.25, 0.3) is 11.1 Å². The van der Waals surface area contributed by atoms with Crippen molar-refractivity contribution in [3.8, 4) is 16.9 Å². The van der Waals surface area contributed by atoms with Gasteiger partial charge in [0.25, 0.3) is 0 Å². The van der Waals surface area contributed by atoms with Gasteiger partial charge in [0, 0.05) is 0 Å². The molecule has 0 aliphatic carbocycles. The maximum atomic E-state index is 10.2. The highest BCUT2D eigenvalue weighted by Gasteiger charge is 2.18. The van der Waals surface area contributed by atoms with E-state index in [2.05, 4.69) is 65.0 Å². The Morgan fingerprint density at radius 3 is 1.85 bits per heavy atom. The number of hydrogen-bond donors (Lipinski definition) is 1. The zero-order valence-electron chi connectivity index (χ0n) is 13.1. The molecule has 0 radical (unpaired) electrons. The van der Waals surface area contributed by atoms with Gasteiger partial charge in [0.2, 0.25) is 0 Å². The van der Waals surface area contributed by atoms with Gasteiger partial charge in [-0.05, 0) is 39.7 Å². The van der Waals surface area contributed by atoms with Gasteiger partial charge >= 0.3 is 0 Å². The van der Waals surface area contributed by atoms with E-state index in [1.165, 1.54) is 5.56 Å². The van der Waals surface area contributed by atoms with Gasteiger partial charge < -0.3 is 5.11 Å². The smallest absolute Gasteiger partial charge is 0.119 e. The second-order valence-electron chi connectivity index (χ2n) is 6.76. The molecule has 0 atom stereocenters. The Kier molecular flexibility index (Phi) is 3.89. The number of benzene rings is 2. The van der Waals surface area contributed by atoms with Crippen LogP contribution >= 0.6 is 0 Å². The molecule has 0 aliphatic heterocycles. The van der Waals surface area contributed by atoms with Crippen molar-refractivity contribution < 1.29 is 5.11 Å². The fourth-order valence-corrected chi connectivity index (χ4v) is 2.41. The predicted molar refractivity (Wildman–Crippen MR) is 86.3 cm³/mol. The quantitative estimate of drug-likeness (QED) is 0.764. The van der Waals surface area contributed by atoms with Crippen LogP contribution < -0.4 is 0 Å². The minimum Gasteiger partial charge on any atom is -0.508 e. The van der Waals surface area contributed by atoms with Gasteiger partial charge in [-0.15, -0.1) is 0 Å². The van der Waals surface area contributed by atoms with Gasteiger partial charge in [0.05, 0.1) is 0 Å². The molecular weight excluding hydrogens is 244 g/mol. The molecule has 0 amide bonds. The summed E-state index contributed by atoms with van der Waals surface area (Å²) in [6.45, 7) is 10.7. The molecule has 1 nitrogen and oxygen atoms in total. The molecule has 2 aromatic carbocycles. The van der Waals surface area contributed by atoms with E-state index >= 15 is 0 Å². The average Bonchev–Trinajstić information content (AvgIpc) is 2.37. The van der Waals surface area contributed by atoms with E-state index in [4.69, 9.17) is 0 Å². The first-order valence-electron chi connectivity index (χ1n) is 7.23. The molecule has 0 aromatic heterocycles. The van der Waals surface area contributed by atoms with Crippen molar-refractivity contribution in [1.82, 2.24) is 0 Å². The van der Waals surface area contributed by atoms with Crippen molar-refractivity contribution in [3.05, 3.63) is 53.6 Å². The molecular formula is C19H24O. The van der Waals surface area contributed by atoms with Crippen molar-refractivity contribution in [2.24, 2.45) is 0 Å². The van der Waals surface area contributed by atoms with Gasteiger partial charge in [-0.2, -0.15) is 0 Å². The monoisotopic (exact) mass is 268 g/mol. The summed E-state index contributed by atoms with van der Waals surface area (Å²) in [5.74, 6) is 0.920. The Labute approximate surface area is 122 Å². The lowest BCUT2D eigenvalue weighted by Gasteiger charge is -2.21. The lowest BCUT2D eigenvalue weighted by molar-refractivity contribution is 0.447. The van der Waals surface area contributed by atoms with Crippen LogP contribution in [0.15, 0.2) is 42.5 Å². The first kappa shape index (κ1) is 14.6. The largest absolute Gasteiger partial charge is 0.508 e. The number of hydrogen-bond acceptors (Lipinski definition) is 1. The molecule has 2 rings (SSSR count). The summed E-state index contributed by atoms with van der Waals surface area (Å²) in [6, 6.07) is 14.6. The topological polar surface area (TPSA) is 20.2 Å². The highest BCUT2D eigenvalue weighted by atomic mass is 16.3. The lowest BCUT2D eigenvalue weighted by atomic mass is 9.85. The summed E-state index contributed by atoms with van der Waals surface area (Å²) >= 11 is 0. The molecule has 20 heavy (non-hydrogen) atoms. The maximum absolute atomic E-state index is 10.2. The van der Waals surface area contributed by atoms with Crippen LogP contribution in [0, 0.1) is 0 Å². The van der Waals surface area contributed by atoms with E-state index in [9.17, 15) is 5.11 Å². The summed E-state index contributed by atoms with van der Waals surface area (Å²) in [4.78, 5) is 0. The molecule has 0 saturated heterocycles. The van der Waals surface area contributed by atoms with Crippen molar-refractivity contribution in [2.45, 2.75) is 46.0 Å². The minimum atomic E-state index is -0.0376. The zero-order chi connectivity index (χ0) is 14.9. The third-order valence-corrected chi connectivity index (χ3v) is 3.72. The summed E-state index contributed by atoms with van der Waals surface area (Å²) in [7, 11) is 0. The summed E-state index contributed by atoms with van der Waals surface area (Å²) in [5.41, 5.74) is 4.49. The van der Waals surface area contributed by atoms with Crippen molar-refractivity contribution in [3.63, 3.8) is 0 Å². The van der Waals surface area contributed by atoms with E-state index in [1.54, 1.807) is 0 Å². The van der Waals surface area contributed by atoms with Gasteiger partial charge in [-0.25, -0.2) is 0 Å². The second kappa shape index (κ2) is 5.32. The third-order valence-electron chi connectivity index (χ3n) is 3.72. The molecule has 106 valence electrons. The standard InChI is InChI=1S/C19H24O/c1-13(2)14-6-8-15(9-7-14)16-10-11-17(18(20)12-16)19(3,4)5/h6-13,20H,1-5H3. The maximum Gasteiger partial charge on any atom is 0.119 e. The van der Waals surface area contributed by atoms with Gasteiger partial charge in [0.1, 0.15) is 5.75 Å². The van der Waals surface area contributed by atoms with E-state index < -0.39 is 0 Å². The SMILES string of the molecule is CC(C)c1ccc(-c2ccc(C(C)(C)C)c(O)c2)cc1. The van der Waals surface area contributed by atoms with Gasteiger partial charge in [-0.1, -0.05) is 71.0 Å². The first-order valence-corrected chi connectivity index (χ1v) is 7.23. The molecule has 0 aliphatic rings. The molecule has 1 heteroatoms. The summed E-state index contributed by atoms with van der Waals surface area (Å²) in [5, 5.41) is 10.2. The van der Waals surface area contributed by atoms with Crippen molar-refractivity contribution >= 4 is 0 Å². The summed E-state index contributed by atoms with van der Waals surface area (Å²) < 4.78 is 0. The van der Waals surface area contributed by atoms with E-state index in [0.717, 1.165) is 16.7 Å². The normalized spacial score (nSPS) is 11.9. The predicted octanol–water partition coefficient (Wildman–Crippen LogP) is 5.48. The van der Waals surface area contributed by atoms with Crippen LogP contribution in [0.1, 0.15) is 51.7 Å². The average molecular weight is 268 g/mol. The van der Waals surface area contributed by atoms with Gasteiger partial charge in [0.15, 0.2) is 0 Å². The number of rotatable bonds is 2. The second-order valence-corrected chi connectivity index (χ2v) is 6.76. The van der Waals surface area contributed by atoms with Crippen LogP contribution in [-0.2, 0) is 5.41 Å². The van der Waals surface area contributed by atoms with Crippen LogP contribution in [-0.4, -0.2) is 5.11 Å². The lowest BCUT2D eigenvalue weighted by Crippen LogP contribution is -2.11. The first-order chi connectivity index (χ1) is 9.29. The molecule has 0 spiro atoms. The fraction of sp³-hybridized carbons (Fsp3) is 0.368. The van der Waals surface area contributed by atoms with E-state index in [0.29, 0.717) is 11.7 Å². The van der Waals surface area contributed by atoms with Crippen LogP contribution in [0.4, 0.5) is 0 Å². The van der Waals surface area contributed by atoms with Crippen LogP contribution in [0.5, 0.6) is 5.75 Å². The Morgan fingerprint density at radius 2 is 1.40 bits per heavy atom. The Balaban J connectivity index is 2.37. The molecule has 0 fully saturated rings. The highest BCUT2D eigenvalue weighted by Crippen LogP contribution is 2.34. The molecule has 0 heterocycles. The highest BCUT2D eigenvalue weighted by molar-refractivity contribution is 5.66. The Hall–Kier alpha value is -1.76. The fourth-order valence-electron chi connectivity index (χ4n) is 2.41. The number of aromatic hydroxyl groups is 1. The minimum absolute atomic E-state index is 0.0376. The summed E-state index contributed by atoms with van der Waals surface area (Å²) in [6.07, 6.45) is 0. The molecule has 0 unspecified atom stereocenters. The van der Waals surface area contributed by atoms with E-state index in [1.807, 2.05) is 12.1 Å². The number of phenols is 1. The van der Waals surface area contributed by atoms with Crippen LogP contribution in [0.3, 0.4) is 0 Å².